The molecule has 1 aromatic heterocycles. The molecule has 0 fully saturated rings. The lowest BCUT2D eigenvalue weighted by Crippen LogP contribution is -2.32. The Morgan fingerprint density at radius 3 is 2.35 bits per heavy atom. The summed E-state index contributed by atoms with van der Waals surface area (Å²) in [7, 11) is 0. The van der Waals surface area contributed by atoms with E-state index in [1.807, 2.05) is 6.92 Å². The first-order valence-electron chi connectivity index (χ1n) is 6.05. The van der Waals surface area contributed by atoms with Gasteiger partial charge in [-0.2, -0.15) is 5.10 Å². The van der Waals surface area contributed by atoms with Crippen molar-refractivity contribution in [3.8, 4) is 0 Å². The molecule has 0 bridgehead atoms. The topological polar surface area (TPSA) is 84.3 Å². The van der Waals surface area contributed by atoms with Crippen molar-refractivity contribution in [2.45, 2.75) is 13.3 Å². The van der Waals surface area contributed by atoms with E-state index in [-0.39, 0.29) is 16.2 Å². The van der Waals surface area contributed by atoms with Gasteiger partial charge in [-0.25, -0.2) is 0 Å². The van der Waals surface area contributed by atoms with Gasteiger partial charge in [0.05, 0.1) is 0 Å². The Balaban J connectivity index is 2.08. The summed E-state index contributed by atoms with van der Waals surface area (Å²) in [5.41, 5.74) is 1.90. The average Bonchev–Trinajstić information content (AvgIpc) is 3.03. The predicted octanol–water partition coefficient (Wildman–Crippen LogP) is 0.777. The molecular formula is C13H10N4O2S. The standard InChI is InChI=1S/C13H10N4O2S/c1-2-9-14-16-13(20-9)17-15-10-11(18)7-5-3-4-6-8(7)12(10)19/h3-6H,2H2,1H3,(H,16,17). The second kappa shape index (κ2) is 4.93. The summed E-state index contributed by atoms with van der Waals surface area (Å²) in [4.78, 5) is 24.1. The van der Waals surface area contributed by atoms with E-state index in [2.05, 4.69) is 20.7 Å². The number of anilines is 1. The van der Waals surface area contributed by atoms with Crippen LogP contribution in [-0.4, -0.2) is 10.2 Å². The molecule has 0 spiro atoms. The van der Waals surface area contributed by atoms with Crippen LogP contribution in [0.25, 0.3) is 10.8 Å². The van der Waals surface area contributed by atoms with Gasteiger partial charge in [0, 0.05) is 10.8 Å². The highest BCUT2D eigenvalue weighted by atomic mass is 32.1. The number of hydrogen-bond donors (Lipinski definition) is 1. The minimum atomic E-state index is -0.363. The quantitative estimate of drug-likeness (QED) is 0.719. The minimum Gasteiger partial charge on any atom is -0.287 e. The third kappa shape index (κ3) is 2.01. The van der Waals surface area contributed by atoms with Gasteiger partial charge in [-0.3, -0.25) is 15.0 Å². The van der Waals surface area contributed by atoms with Gasteiger partial charge in [0.15, 0.2) is 5.36 Å². The molecule has 1 N–H and O–H groups in total. The van der Waals surface area contributed by atoms with Crippen molar-refractivity contribution in [1.82, 2.24) is 10.2 Å². The van der Waals surface area contributed by atoms with Gasteiger partial charge in [0.1, 0.15) is 5.01 Å². The number of fused-ring (bicyclic) bond motifs is 1. The molecule has 0 saturated heterocycles. The average molecular weight is 286 g/mol. The lowest BCUT2D eigenvalue weighted by Gasteiger charge is -1.87. The van der Waals surface area contributed by atoms with E-state index in [1.165, 1.54) is 11.3 Å². The van der Waals surface area contributed by atoms with Crippen LogP contribution in [0.4, 0.5) is 5.13 Å². The van der Waals surface area contributed by atoms with Crippen LogP contribution in [0.3, 0.4) is 0 Å². The van der Waals surface area contributed by atoms with Crippen LogP contribution < -0.4 is 21.6 Å². The maximum absolute atomic E-state index is 12.1. The van der Waals surface area contributed by atoms with Gasteiger partial charge < -0.3 is 0 Å². The van der Waals surface area contributed by atoms with E-state index in [0.717, 1.165) is 11.4 Å². The number of nitrogens with zero attached hydrogens (tertiary/aromatic N) is 3. The molecule has 0 saturated carbocycles. The molecule has 0 aliphatic heterocycles. The number of rotatable bonds is 3. The first kappa shape index (κ1) is 12.6. The normalized spacial score (nSPS) is 10.8. The number of aromatic nitrogens is 2. The van der Waals surface area contributed by atoms with E-state index in [4.69, 9.17) is 0 Å². The third-order valence-corrected chi connectivity index (χ3v) is 3.85. The molecule has 100 valence electrons. The maximum atomic E-state index is 12.1. The zero-order valence-electron chi connectivity index (χ0n) is 10.6. The Hall–Kier alpha value is -2.41. The van der Waals surface area contributed by atoms with Crippen molar-refractivity contribution in [3.63, 3.8) is 0 Å². The molecule has 6 nitrogen and oxygen atoms in total. The largest absolute Gasteiger partial charge is 0.287 e. The Morgan fingerprint density at radius 2 is 1.80 bits per heavy atom. The zero-order valence-corrected chi connectivity index (χ0v) is 11.4. The third-order valence-electron chi connectivity index (χ3n) is 2.88. The highest BCUT2D eigenvalue weighted by molar-refractivity contribution is 7.15. The van der Waals surface area contributed by atoms with Crippen LogP contribution in [0.15, 0.2) is 39.0 Å². The van der Waals surface area contributed by atoms with Crippen LogP contribution in [0, 0.1) is 0 Å². The zero-order chi connectivity index (χ0) is 14.1. The Morgan fingerprint density at radius 1 is 1.15 bits per heavy atom. The first-order chi connectivity index (χ1) is 9.70. The summed E-state index contributed by atoms with van der Waals surface area (Å²) in [5.74, 6) is 0. The summed E-state index contributed by atoms with van der Waals surface area (Å²) in [6.45, 7) is 1.97. The minimum absolute atomic E-state index is 0.112. The van der Waals surface area contributed by atoms with Crippen molar-refractivity contribution in [2.75, 3.05) is 5.43 Å². The highest BCUT2D eigenvalue weighted by Crippen LogP contribution is 2.14. The second-order valence-electron chi connectivity index (χ2n) is 4.13. The Labute approximate surface area is 117 Å². The van der Waals surface area contributed by atoms with Gasteiger partial charge >= 0.3 is 0 Å². The lowest BCUT2D eigenvalue weighted by atomic mass is 10.2. The fourth-order valence-electron chi connectivity index (χ4n) is 1.88. The number of aryl methyl sites for hydroxylation is 1. The molecular weight excluding hydrogens is 276 g/mol. The maximum Gasteiger partial charge on any atom is 0.225 e. The lowest BCUT2D eigenvalue weighted by molar-refractivity contribution is 0.978. The molecule has 3 rings (SSSR count). The van der Waals surface area contributed by atoms with Crippen molar-refractivity contribution in [3.05, 3.63) is 55.1 Å². The van der Waals surface area contributed by atoms with E-state index in [0.29, 0.717) is 15.9 Å². The van der Waals surface area contributed by atoms with Crippen LogP contribution in [0.5, 0.6) is 0 Å². The van der Waals surface area contributed by atoms with E-state index in [1.54, 1.807) is 24.3 Å². The summed E-state index contributed by atoms with van der Waals surface area (Å²) >= 11 is 1.34. The van der Waals surface area contributed by atoms with E-state index < -0.39 is 0 Å². The van der Waals surface area contributed by atoms with Crippen molar-refractivity contribution >= 4 is 27.2 Å². The molecule has 0 unspecified atom stereocenters. The summed E-state index contributed by atoms with van der Waals surface area (Å²) in [5, 5.41) is 13.7. The monoisotopic (exact) mass is 286 g/mol. The van der Waals surface area contributed by atoms with Gasteiger partial charge in [-0.1, -0.05) is 42.5 Å². The smallest absolute Gasteiger partial charge is 0.225 e. The molecule has 0 amide bonds. The second-order valence-corrected chi connectivity index (χ2v) is 5.19. The molecule has 0 atom stereocenters. The fraction of sp³-hybridized carbons (Fsp3) is 0.154. The van der Waals surface area contributed by atoms with Crippen LogP contribution in [0.1, 0.15) is 11.9 Å². The summed E-state index contributed by atoms with van der Waals surface area (Å²) < 4.78 is 0. The molecule has 2 aromatic carbocycles. The Kier molecular flexibility index (Phi) is 3.11. The number of hydrogen-bond acceptors (Lipinski definition) is 7. The van der Waals surface area contributed by atoms with Gasteiger partial charge in [0.25, 0.3) is 0 Å². The molecule has 3 aromatic rings. The van der Waals surface area contributed by atoms with Gasteiger partial charge in [-0.05, 0) is 6.42 Å². The van der Waals surface area contributed by atoms with Crippen molar-refractivity contribution in [2.24, 2.45) is 5.10 Å². The highest BCUT2D eigenvalue weighted by Gasteiger charge is 2.10. The van der Waals surface area contributed by atoms with Crippen LogP contribution in [0.2, 0.25) is 0 Å². The number of nitrogens with one attached hydrogen (secondary N) is 1. The summed E-state index contributed by atoms with van der Waals surface area (Å²) in [6.07, 6.45) is 0.777. The fourth-order valence-corrected chi connectivity index (χ4v) is 2.51. The SMILES string of the molecule is CCc1nnc(NN=c2c(=O)c3ccccc3c2=O)s1. The summed E-state index contributed by atoms with van der Waals surface area (Å²) in [6, 6.07) is 6.69. The van der Waals surface area contributed by atoms with Crippen molar-refractivity contribution < 1.29 is 0 Å². The molecule has 0 radical (unpaired) electrons. The van der Waals surface area contributed by atoms with Crippen LogP contribution >= 0.6 is 11.3 Å². The van der Waals surface area contributed by atoms with E-state index >= 15 is 0 Å². The molecule has 0 aliphatic rings. The molecule has 7 heteroatoms. The molecule has 20 heavy (non-hydrogen) atoms. The Bertz CT molecular complexity index is 872. The van der Waals surface area contributed by atoms with E-state index in [9.17, 15) is 9.59 Å². The van der Waals surface area contributed by atoms with Gasteiger partial charge in [0.2, 0.25) is 16.0 Å². The molecule has 0 aliphatic carbocycles. The first-order valence-corrected chi connectivity index (χ1v) is 6.87. The number of benzene rings is 1. The van der Waals surface area contributed by atoms with Gasteiger partial charge in [-0.15, -0.1) is 10.2 Å². The van der Waals surface area contributed by atoms with Crippen molar-refractivity contribution in [1.29, 1.82) is 0 Å². The molecule has 1 heterocycles. The predicted molar refractivity (Wildman–Crippen MR) is 77.3 cm³/mol. The van der Waals surface area contributed by atoms with Crippen LogP contribution in [-0.2, 0) is 6.42 Å².